The lowest BCUT2D eigenvalue weighted by molar-refractivity contribution is 0.0612. The molecule has 0 spiro atoms. The molecule has 1 aliphatic rings. The molecule has 1 atom stereocenters. The Kier molecular flexibility index (Phi) is 4.25. The molecule has 124 valence electrons. The van der Waals surface area contributed by atoms with Crippen LogP contribution in [0.5, 0.6) is 0 Å². The first kappa shape index (κ1) is 16.1. The summed E-state index contributed by atoms with van der Waals surface area (Å²) in [6.45, 7) is 4.27. The van der Waals surface area contributed by atoms with Crippen molar-refractivity contribution in [3.63, 3.8) is 0 Å². The molecule has 1 amide bonds. The van der Waals surface area contributed by atoms with Gasteiger partial charge < -0.3 is 15.0 Å². The molecule has 0 bridgehead atoms. The number of aryl methyl sites for hydroxylation is 3. The van der Waals surface area contributed by atoms with Crippen LogP contribution in [-0.4, -0.2) is 49.0 Å². The molecule has 0 aliphatic carbocycles. The van der Waals surface area contributed by atoms with E-state index in [-0.39, 0.29) is 12.5 Å². The van der Waals surface area contributed by atoms with E-state index in [9.17, 15) is 9.90 Å². The first-order valence-corrected chi connectivity index (χ1v) is 8.82. The normalized spacial score (nSPS) is 20.9. The molecule has 7 heteroatoms. The SMILES string of the molecule is Cc1ccc(C)n1-c1c(C(=O)NCC2(O)CCSC2)cnn1C. The average Bonchev–Trinajstić information content (AvgIpc) is 3.18. The van der Waals surface area contributed by atoms with Gasteiger partial charge in [-0.2, -0.15) is 16.9 Å². The Balaban J connectivity index is 1.85. The van der Waals surface area contributed by atoms with E-state index >= 15 is 0 Å². The van der Waals surface area contributed by atoms with Crippen LogP contribution >= 0.6 is 11.8 Å². The van der Waals surface area contributed by atoms with Crippen LogP contribution in [0, 0.1) is 13.8 Å². The number of thioether (sulfide) groups is 1. The summed E-state index contributed by atoms with van der Waals surface area (Å²) < 4.78 is 3.72. The zero-order valence-electron chi connectivity index (χ0n) is 13.7. The largest absolute Gasteiger partial charge is 0.387 e. The molecule has 1 fully saturated rings. The zero-order chi connectivity index (χ0) is 16.6. The number of aromatic nitrogens is 3. The first-order valence-electron chi connectivity index (χ1n) is 7.67. The molecule has 2 N–H and O–H groups in total. The second-order valence-corrected chi connectivity index (χ2v) is 7.27. The second-order valence-electron chi connectivity index (χ2n) is 6.17. The molecule has 1 unspecified atom stereocenters. The van der Waals surface area contributed by atoms with Crippen molar-refractivity contribution in [3.05, 3.63) is 35.3 Å². The van der Waals surface area contributed by atoms with Gasteiger partial charge in [-0.05, 0) is 38.2 Å². The summed E-state index contributed by atoms with van der Waals surface area (Å²) in [5.74, 6) is 2.15. The molecule has 3 rings (SSSR count). The van der Waals surface area contributed by atoms with Crippen molar-refractivity contribution in [1.82, 2.24) is 19.7 Å². The summed E-state index contributed by atoms with van der Waals surface area (Å²) >= 11 is 1.72. The van der Waals surface area contributed by atoms with Crippen molar-refractivity contribution < 1.29 is 9.90 Å². The Morgan fingerprint density at radius 3 is 2.74 bits per heavy atom. The minimum Gasteiger partial charge on any atom is -0.387 e. The summed E-state index contributed by atoms with van der Waals surface area (Å²) in [5, 5.41) is 17.5. The van der Waals surface area contributed by atoms with Gasteiger partial charge in [0.1, 0.15) is 11.4 Å². The van der Waals surface area contributed by atoms with E-state index in [1.54, 1.807) is 22.6 Å². The molecule has 0 aromatic carbocycles. The van der Waals surface area contributed by atoms with Crippen LogP contribution in [0.2, 0.25) is 0 Å². The molecular formula is C16H22N4O2S. The molecule has 0 saturated carbocycles. The molecule has 2 aromatic heterocycles. The highest BCUT2D eigenvalue weighted by atomic mass is 32.2. The van der Waals surface area contributed by atoms with Gasteiger partial charge in [0.25, 0.3) is 5.91 Å². The van der Waals surface area contributed by atoms with Gasteiger partial charge >= 0.3 is 0 Å². The number of nitrogens with one attached hydrogen (secondary N) is 1. The summed E-state index contributed by atoms with van der Waals surface area (Å²) in [4.78, 5) is 12.6. The number of aliphatic hydroxyl groups is 1. The Morgan fingerprint density at radius 2 is 2.13 bits per heavy atom. The van der Waals surface area contributed by atoms with Crippen LogP contribution in [0.3, 0.4) is 0 Å². The number of carbonyl (C=O) groups is 1. The Bertz CT molecular complexity index is 709. The Hall–Kier alpha value is -1.73. The maximum Gasteiger partial charge on any atom is 0.256 e. The molecule has 6 nitrogen and oxygen atoms in total. The third-order valence-electron chi connectivity index (χ3n) is 4.30. The van der Waals surface area contributed by atoms with Gasteiger partial charge in [0.15, 0.2) is 0 Å². The fourth-order valence-electron chi connectivity index (χ4n) is 2.93. The third kappa shape index (κ3) is 3.03. The summed E-state index contributed by atoms with van der Waals surface area (Å²) in [5.41, 5.74) is 1.82. The molecule has 23 heavy (non-hydrogen) atoms. The topological polar surface area (TPSA) is 72.1 Å². The Morgan fingerprint density at radius 1 is 1.43 bits per heavy atom. The van der Waals surface area contributed by atoms with E-state index < -0.39 is 5.60 Å². The predicted octanol–water partition coefficient (Wildman–Crippen LogP) is 1.43. The Labute approximate surface area is 139 Å². The van der Waals surface area contributed by atoms with Gasteiger partial charge in [0.05, 0.1) is 11.8 Å². The number of amides is 1. The minimum absolute atomic E-state index is 0.203. The lowest BCUT2D eigenvalue weighted by Crippen LogP contribution is -2.43. The monoisotopic (exact) mass is 334 g/mol. The van der Waals surface area contributed by atoms with Crippen LogP contribution in [0.4, 0.5) is 0 Å². The van der Waals surface area contributed by atoms with E-state index in [1.807, 2.05) is 37.6 Å². The number of hydrogen-bond donors (Lipinski definition) is 2. The smallest absolute Gasteiger partial charge is 0.256 e. The fourth-order valence-corrected chi connectivity index (χ4v) is 4.23. The zero-order valence-corrected chi connectivity index (χ0v) is 14.5. The van der Waals surface area contributed by atoms with E-state index in [0.717, 1.165) is 23.0 Å². The number of rotatable bonds is 4. The average molecular weight is 334 g/mol. The van der Waals surface area contributed by atoms with Crippen LogP contribution in [0.1, 0.15) is 28.2 Å². The van der Waals surface area contributed by atoms with Gasteiger partial charge in [-0.15, -0.1) is 0 Å². The van der Waals surface area contributed by atoms with Crippen LogP contribution < -0.4 is 5.32 Å². The van der Waals surface area contributed by atoms with Crippen molar-refractivity contribution in [1.29, 1.82) is 0 Å². The van der Waals surface area contributed by atoms with Gasteiger partial charge in [-0.25, -0.2) is 0 Å². The quantitative estimate of drug-likeness (QED) is 0.887. The van der Waals surface area contributed by atoms with Crippen molar-refractivity contribution >= 4 is 17.7 Å². The number of hydrogen-bond acceptors (Lipinski definition) is 4. The number of carbonyl (C=O) groups excluding carboxylic acids is 1. The molecule has 3 heterocycles. The first-order chi connectivity index (χ1) is 10.9. The summed E-state index contributed by atoms with van der Waals surface area (Å²) in [6, 6.07) is 4.03. The molecular weight excluding hydrogens is 312 g/mol. The molecule has 2 aromatic rings. The standard InChI is InChI=1S/C16H22N4O2S/c1-11-4-5-12(2)20(11)15-13(8-18-19(15)3)14(21)17-9-16(22)6-7-23-10-16/h4-5,8,22H,6-7,9-10H2,1-3H3,(H,17,21). The lowest BCUT2D eigenvalue weighted by atomic mass is 10.0. The highest BCUT2D eigenvalue weighted by Crippen LogP contribution is 2.27. The van der Waals surface area contributed by atoms with Gasteiger partial charge in [0, 0.05) is 30.7 Å². The molecule has 1 aliphatic heterocycles. The number of nitrogens with zero attached hydrogens (tertiary/aromatic N) is 3. The van der Waals surface area contributed by atoms with Gasteiger partial charge in [-0.1, -0.05) is 0 Å². The van der Waals surface area contributed by atoms with Crippen LogP contribution in [0.25, 0.3) is 5.82 Å². The molecule has 0 radical (unpaired) electrons. The van der Waals surface area contributed by atoms with E-state index in [1.165, 1.54) is 0 Å². The van der Waals surface area contributed by atoms with E-state index in [4.69, 9.17) is 0 Å². The maximum atomic E-state index is 12.6. The fraction of sp³-hybridized carbons (Fsp3) is 0.500. The highest BCUT2D eigenvalue weighted by molar-refractivity contribution is 7.99. The van der Waals surface area contributed by atoms with Crippen molar-refractivity contribution in [2.75, 3.05) is 18.1 Å². The summed E-state index contributed by atoms with van der Waals surface area (Å²) in [6.07, 6.45) is 2.30. The summed E-state index contributed by atoms with van der Waals surface area (Å²) in [7, 11) is 1.83. The highest BCUT2D eigenvalue weighted by Gasteiger charge is 2.32. The van der Waals surface area contributed by atoms with Gasteiger partial charge in [-0.3, -0.25) is 9.48 Å². The second kappa shape index (κ2) is 6.05. The lowest BCUT2D eigenvalue weighted by Gasteiger charge is -2.21. The third-order valence-corrected chi connectivity index (χ3v) is 5.53. The minimum atomic E-state index is -0.790. The van der Waals surface area contributed by atoms with E-state index in [2.05, 4.69) is 10.4 Å². The van der Waals surface area contributed by atoms with Crippen LogP contribution in [0.15, 0.2) is 18.3 Å². The van der Waals surface area contributed by atoms with Gasteiger partial charge in [0.2, 0.25) is 0 Å². The van der Waals surface area contributed by atoms with Crippen molar-refractivity contribution in [3.8, 4) is 5.82 Å². The predicted molar refractivity (Wildman–Crippen MR) is 91.2 cm³/mol. The van der Waals surface area contributed by atoms with Crippen molar-refractivity contribution in [2.45, 2.75) is 25.9 Å². The van der Waals surface area contributed by atoms with E-state index in [0.29, 0.717) is 17.7 Å². The molecule has 1 saturated heterocycles. The van der Waals surface area contributed by atoms with Crippen LogP contribution in [-0.2, 0) is 7.05 Å². The van der Waals surface area contributed by atoms with Crippen molar-refractivity contribution in [2.24, 2.45) is 7.05 Å². The maximum absolute atomic E-state index is 12.6.